The van der Waals surface area contributed by atoms with E-state index in [4.69, 9.17) is 10.1 Å². The molecule has 4 heterocycles. The van der Waals surface area contributed by atoms with Crippen LogP contribution in [-0.2, 0) is 16.1 Å². The first-order valence-electron chi connectivity index (χ1n) is 11.5. The summed E-state index contributed by atoms with van der Waals surface area (Å²) in [4.78, 5) is 28.6. The summed E-state index contributed by atoms with van der Waals surface area (Å²) in [5.74, 6) is 0.352. The van der Waals surface area contributed by atoms with Crippen molar-refractivity contribution in [2.24, 2.45) is 0 Å². The van der Waals surface area contributed by atoms with E-state index in [1.54, 1.807) is 31.2 Å². The monoisotopic (exact) mass is 508 g/mol. The Labute approximate surface area is 211 Å². The summed E-state index contributed by atoms with van der Waals surface area (Å²) in [5.41, 5.74) is 5.62. The molecule has 1 atom stereocenters. The van der Waals surface area contributed by atoms with Gasteiger partial charge in [-0.05, 0) is 30.7 Å². The lowest BCUT2D eigenvalue weighted by Gasteiger charge is -2.33. The van der Waals surface area contributed by atoms with Gasteiger partial charge in [-0.15, -0.1) is 0 Å². The van der Waals surface area contributed by atoms with Gasteiger partial charge in [0.2, 0.25) is 5.88 Å². The molecule has 3 aliphatic rings. The van der Waals surface area contributed by atoms with E-state index >= 15 is 0 Å². The third-order valence-corrected chi connectivity index (χ3v) is 5.97. The quantitative estimate of drug-likeness (QED) is 0.353. The van der Waals surface area contributed by atoms with Gasteiger partial charge in [-0.25, -0.2) is 24.6 Å². The van der Waals surface area contributed by atoms with E-state index in [-0.39, 0.29) is 37.3 Å². The maximum atomic E-state index is 14.1. The minimum Gasteiger partial charge on any atom is -0.473 e. The highest BCUT2D eigenvalue weighted by Gasteiger charge is 2.37. The second kappa shape index (κ2) is 9.78. The van der Waals surface area contributed by atoms with Crippen molar-refractivity contribution in [1.29, 1.82) is 5.41 Å². The Bertz CT molecular complexity index is 1340. The van der Waals surface area contributed by atoms with Gasteiger partial charge in [0.15, 0.2) is 5.84 Å². The molecule has 0 radical (unpaired) electrons. The van der Waals surface area contributed by atoms with Crippen molar-refractivity contribution in [2.75, 3.05) is 25.5 Å². The minimum atomic E-state index is -0.600. The first kappa shape index (κ1) is 24.1. The maximum Gasteiger partial charge on any atom is 0.411 e. The molecule has 0 saturated carbocycles. The number of ether oxygens (including phenoxy) is 2. The summed E-state index contributed by atoms with van der Waals surface area (Å²) in [6.45, 7) is 2.33. The molecule has 3 aliphatic heterocycles. The number of halogens is 1. The Balaban J connectivity index is 1.58. The van der Waals surface area contributed by atoms with Crippen LogP contribution in [0, 0.1) is 11.2 Å². The van der Waals surface area contributed by atoms with Crippen LogP contribution in [0.15, 0.2) is 53.7 Å². The molecular weight excluding hydrogens is 483 g/mol. The molecule has 2 aromatic rings. The van der Waals surface area contributed by atoms with Crippen LogP contribution in [-0.4, -0.2) is 54.1 Å². The molecule has 13 heteroatoms. The van der Waals surface area contributed by atoms with Crippen LogP contribution in [0.1, 0.15) is 18.1 Å². The van der Waals surface area contributed by atoms with Crippen LogP contribution < -0.4 is 31.4 Å². The number of hydrogen-bond donors (Lipinski definition) is 6. The summed E-state index contributed by atoms with van der Waals surface area (Å²) in [5, 5.41) is 22.4. The average molecular weight is 509 g/mol. The number of nitrogens with zero attached hydrogens (tertiary/aromatic N) is 2. The lowest BCUT2D eigenvalue weighted by atomic mass is 10.0. The Morgan fingerprint density at radius 2 is 2.05 bits per heavy atom. The van der Waals surface area contributed by atoms with Crippen molar-refractivity contribution in [3.8, 4) is 5.88 Å². The molecule has 1 aromatic heterocycles. The molecule has 192 valence electrons. The Kier molecular flexibility index (Phi) is 6.36. The van der Waals surface area contributed by atoms with E-state index in [1.165, 1.54) is 18.2 Å². The molecule has 0 saturated heterocycles. The predicted molar refractivity (Wildman–Crippen MR) is 131 cm³/mol. The SMILES string of the molecule is COC(=O)Nc1ccc(C2=C3NCc4cc(F)cnc4OC(C)CNC(=O)C4=C(N3)N(NC4)C2=N)cc1. The predicted octanol–water partition coefficient (Wildman–Crippen LogP) is 1.37. The topological polar surface area (TPSA) is 153 Å². The summed E-state index contributed by atoms with van der Waals surface area (Å²) in [6.07, 6.45) is 0.0528. The molecule has 0 aliphatic carbocycles. The smallest absolute Gasteiger partial charge is 0.411 e. The summed E-state index contributed by atoms with van der Waals surface area (Å²) < 4.78 is 24.6. The third kappa shape index (κ3) is 4.76. The summed E-state index contributed by atoms with van der Waals surface area (Å²) in [6, 6.07) is 8.17. The maximum absolute atomic E-state index is 14.1. The lowest BCUT2D eigenvalue weighted by molar-refractivity contribution is -0.117. The Morgan fingerprint density at radius 3 is 2.81 bits per heavy atom. The molecular formula is C24H25FN8O4. The van der Waals surface area contributed by atoms with E-state index in [0.29, 0.717) is 39.6 Å². The summed E-state index contributed by atoms with van der Waals surface area (Å²) >= 11 is 0. The molecule has 2 bridgehead atoms. The number of amidine groups is 1. The number of pyridine rings is 1. The van der Waals surface area contributed by atoms with Gasteiger partial charge in [0.1, 0.15) is 23.6 Å². The van der Waals surface area contributed by atoms with Crippen LogP contribution in [0.5, 0.6) is 5.88 Å². The first-order valence-corrected chi connectivity index (χ1v) is 11.5. The number of hydrogen-bond acceptors (Lipinski definition) is 9. The number of benzene rings is 1. The van der Waals surface area contributed by atoms with E-state index in [0.717, 1.165) is 6.20 Å². The standard InChI is InChI=1S/C24H25FN8O4/c1-12-8-28-22(34)17-11-30-33-19(26)18(13-3-5-16(6-4-13)31-24(35)36-2)20(32-21(17)33)27-9-14-7-15(25)10-29-23(14)37-12/h3-7,10,12,26-27,30,32H,8-9,11H2,1-2H3,(H,28,34)(H,31,35). The van der Waals surface area contributed by atoms with Gasteiger partial charge >= 0.3 is 6.09 Å². The second-order valence-electron chi connectivity index (χ2n) is 8.52. The van der Waals surface area contributed by atoms with Gasteiger partial charge in [0.05, 0.1) is 31.0 Å². The third-order valence-electron chi connectivity index (χ3n) is 5.97. The van der Waals surface area contributed by atoms with Crippen molar-refractivity contribution < 1.29 is 23.5 Å². The molecule has 12 nitrogen and oxygen atoms in total. The van der Waals surface area contributed by atoms with E-state index in [1.807, 2.05) is 0 Å². The van der Waals surface area contributed by atoms with E-state index in [2.05, 4.69) is 36.4 Å². The number of fused-ring (bicyclic) bond motifs is 2. The highest BCUT2D eigenvalue weighted by atomic mass is 19.1. The number of aromatic nitrogens is 1. The first-order chi connectivity index (χ1) is 17.8. The molecule has 6 N–H and O–H groups in total. The van der Waals surface area contributed by atoms with Gasteiger partial charge in [-0.1, -0.05) is 12.1 Å². The van der Waals surface area contributed by atoms with Crippen molar-refractivity contribution in [1.82, 2.24) is 31.4 Å². The minimum absolute atomic E-state index is 0.0878. The van der Waals surface area contributed by atoms with Gasteiger partial charge in [-0.2, -0.15) is 0 Å². The van der Waals surface area contributed by atoms with Crippen LogP contribution in [0.2, 0.25) is 0 Å². The van der Waals surface area contributed by atoms with Crippen molar-refractivity contribution in [2.45, 2.75) is 19.6 Å². The lowest BCUT2D eigenvalue weighted by Crippen LogP contribution is -2.48. The number of nitrogens with one attached hydrogen (secondary N) is 6. The zero-order valence-corrected chi connectivity index (χ0v) is 20.1. The van der Waals surface area contributed by atoms with Gasteiger partial charge in [0, 0.05) is 24.3 Å². The van der Waals surface area contributed by atoms with Crippen molar-refractivity contribution in [3.63, 3.8) is 0 Å². The highest BCUT2D eigenvalue weighted by Crippen LogP contribution is 2.30. The number of amides is 2. The van der Waals surface area contributed by atoms with Crippen LogP contribution in [0.4, 0.5) is 14.9 Å². The number of carbonyl (C=O) groups excluding carboxylic acids is 2. The van der Waals surface area contributed by atoms with Crippen LogP contribution >= 0.6 is 0 Å². The Morgan fingerprint density at radius 1 is 1.27 bits per heavy atom. The summed E-state index contributed by atoms with van der Waals surface area (Å²) in [7, 11) is 1.27. The number of anilines is 1. The molecule has 5 rings (SSSR count). The van der Waals surface area contributed by atoms with Crippen LogP contribution in [0.25, 0.3) is 5.57 Å². The van der Waals surface area contributed by atoms with Gasteiger partial charge in [-0.3, -0.25) is 15.5 Å². The average Bonchev–Trinajstić information content (AvgIpc) is 3.32. The molecule has 37 heavy (non-hydrogen) atoms. The number of hydrazine groups is 1. The zero-order chi connectivity index (χ0) is 26.1. The zero-order valence-electron chi connectivity index (χ0n) is 20.1. The van der Waals surface area contributed by atoms with E-state index in [9.17, 15) is 14.0 Å². The second-order valence-corrected chi connectivity index (χ2v) is 8.52. The van der Waals surface area contributed by atoms with Gasteiger partial charge in [0.25, 0.3) is 5.91 Å². The molecule has 1 aromatic carbocycles. The molecule has 1 unspecified atom stereocenters. The molecule has 0 spiro atoms. The fourth-order valence-corrected chi connectivity index (χ4v) is 4.14. The largest absolute Gasteiger partial charge is 0.473 e. The van der Waals surface area contributed by atoms with Crippen molar-refractivity contribution >= 4 is 29.1 Å². The number of methoxy groups -OCH3 is 1. The fourth-order valence-electron chi connectivity index (χ4n) is 4.14. The number of carbonyl (C=O) groups is 2. The Hall–Kier alpha value is -4.65. The molecule has 0 fully saturated rings. The normalized spacial score (nSPS) is 19.3. The fraction of sp³-hybridized carbons (Fsp3) is 0.250. The van der Waals surface area contributed by atoms with E-state index < -0.39 is 18.0 Å². The van der Waals surface area contributed by atoms with Gasteiger partial charge < -0.3 is 25.4 Å². The highest BCUT2D eigenvalue weighted by molar-refractivity contribution is 6.23. The van der Waals surface area contributed by atoms with Crippen LogP contribution in [0.3, 0.4) is 0 Å². The molecule has 2 amide bonds. The van der Waals surface area contributed by atoms with Crippen molar-refractivity contribution in [3.05, 3.63) is 70.7 Å². The number of rotatable bonds is 2.